The van der Waals surface area contributed by atoms with Gasteiger partial charge in [0.15, 0.2) is 0 Å². The molecule has 0 saturated carbocycles. The molecule has 42 heavy (non-hydrogen) atoms. The summed E-state index contributed by atoms with van der Waals surface area (Å²) in [6.07, 6.45) is 12.1. The molecule has 4 aromatic rings. The molecule has 2 heteroatoms. The monoisotopic (exact) mass is 560 g/mol. The van der Waals surface area contributed by atoms with Crippen LogP contribution >= 0.6 is 0 Å². The maximum atomic E-state index is 5.96. The molecule has 0 fully saturated rings. The lowest BCUT2D eigenvalue weighted by atomic mass is 9.84. The van der Waals surface area contributed by atoms with Crippen molar-refractivity contribution in [2.75, 3.05) is 11.5 Å². The summed E-state index contributed by atoms with van der Waals surface area (Å²) in [5, 5.41) is 0. The van der Waals surface area contributed by atoms with Gasteiger partial charge in [0.1, 0.15) is 0 Å². The first-order valence-corrected chi connectivity index (χ1v) is 16.4. The highest BCUT2D eigenvalue weighted by Crippen LogP contribution is 2.32. The van der Waals surface area contributed by atoms with Crippen LogP contribution in [-0.2, 0) is 12.8 Å². The van der Waals surface area contributed by atoms with Gasteiger partial charge >= 0.3 is 0 Å². The number of nitrogen functional groups attached to an aromatic ring is 2. The number of rotatable bonds is 16. The summed E-state index contributed by atoms with van der Waals surface area (Å²) in [6.45, 7) is 6.84. The van der Waals surface area contributed by atoms with E-state index in [0.717, 1.165) is 49.9 Å². The van der Waals surface area contributed by atoms with E-state index in [1.54, 1.807) is 0 Å². The van der Waals surface area contributed by atoms with Crippen LogP contribution in [0.15, 0.2) is 97.1 Å². The minimum atomic E-state index is 0.424. The van der Waals surface area contributed by atoms with Gasteiger partial charge in [0, 0.05) is 23.2 Å². The van der Waals surface area contributed by atoms with E-state index in [4.69, 9.17) is 11.5 Å². The highest BCUT2D eigenvalue weighted by Gasteiger charge is 2.17. The van der Waals surface area contributed by atoms with Gasteiger partial charge in [-0.05, 0) is 95.7 Å². The van der Waals surface area contributed by atoms with E-state index in [1.165, 1.54) is 59.1 Å². The molecular formula is C40H52N2. The molecule has 0 aliphatic heterocycles. The molecule has 0 aliphatic rings. The Morgan fingerprint density at radius 2 is 0.786 bits per heavy atom. The van der Waals surface area contributed by atoms with E-state index in [9.17, 15) is 0 Å². The Labute approximate surface area is 255 Å². The molecule has 0 amide bonds. The Bertz CT molecular complexity index is 1200. The van der Waals surface area contributed by atoms with Crippen LogP contribution in [0.2, 0.25) is 0 Å². The molecule has 0 aromatic heterocycles. The molecule has 4 N–H and O–H groups in total. The standard InChI is InChI=1S/C40H52N2/c1-4-7-8-11-32(28-30-12-16-33(17-13-30)39(9-5-2)35-20-24-37(41)25-21-35)29-31-14-18-34(19-15-31)40(10-6-3)36-22-26-38(42)27-23-36/h12-27,32,39-40H,4-11,28-29,41-42H2,1-3H3. The second kappa shape index (κ2) is 16.2. The molecule has 0 heterocycles. The third-order valence-corrected chi connectivity index (χ3v) is 8.86. The van der Waals surface area contributed by atoms with Crippen molar-refractivity contribution in [3.8, 4) is 0 Å². The summed E-state index contributed by atoms with van der Waals surface area (Å²) in [6, 6.07) is 35.9. The third-order valence-electron chi connectivity index (χ3n) is 8.86. The van der Waals surface area contributed by atoms with Gasteiger partial charge in [-0.25, -0.2) is 0 Å². The van der Waals surface area contributed by atoms with Crippen molar-refractivity contribution in [1.82, 2.24) is 0 Å². The predicted octanol–water partition coefficient (Wildman–Crippen LogP) is 10.7. The molecule has 0 spiro atoms. The van der Waals surface area contributed by atoms with Gasteiger partial charge < -0.3 is 11.5 Å². The first-order valence-electron chi connectivity index (χ1n) is 16.4. The molecule has 2 nitrogen and oxygen atoms in total. The summed E-state index contributed by atoms with van der Waals surface area (Å²) >= 11 is 0. The molecule has 2 unspecified atom stereocenters. The molecule has 4 rings (SSSR count). The lowest BCUT2D eigenvalue weighted by Gasteiger charge is -2.21. The van der Waals surface area contributed by atoms with Crippen molar-refractivity contribution in [2.24, 2.45) is 5.92 Å². The molecule has 0 saturated heterocycles. The quantitative estimate of drug-likeness (QED) is 0.106. The fourth-order valence-electron chi connectivity index (χ4n) is 6.48. The third kappa shape index (κ3) is 8.99. The van der Waals surface area contributed by atoms with Gasteiger partial charge in [0.2, 0.25) is 0 Å². The van der Waals surface area contributed by atoms with E-state index < -0.39 is 0 Å². The lowest BCUT2D eigenvalue weighted by Crippen LogP contribution is -2.10. The fourth-order valence-corrected chi connectivity index (χ4v) is 6.48. The van der Waals surface area contributed by atoms with Crippen LogP contribution in [-0.4, -0.2) is 0 Å². The fraction of sp³-hybridized carbons (Fsp3) is 0.400. The molecule has 0 radical (unpaired) electrons. The van der Waals surface area contributed by atoms with Crippen LogP contribution in [0.3, 0.4) is 0 Å². The Morgan fingerprint density at radius 3 is 1.12 bits per heavy atom. The minimum absolute atomic E-state index is 0.424. The topological polar surface area (TPSA) is 52.0 Å². The number of benzene rings is 4. The van der Waals surface area contributed by atoms with E-state index in [-0.39, 0.29) is 0 Å². The summed E-state index contributed by atoms with van der Waals surface area (Å²) in [7, 11) is 0. The zero-order valence-electron chi connectivity index (χ0n) is 26.2. The summed E-state index contributed by atoms with van der Waals surface area (Å²) in [5.74, 6) is 1.50. The summed E-state index contributed by atoms with van der Waals surface area (Å²) < 4.78 is 0. The van der Waals surface area contributed by atoms with Crippen LogP contribution in [0.4, 0.5) is 11.4 Å². The van der Waals surface area contributed by atoms with Gasteiger partial charge in [-0.1, -0.05) is 126 Å². The predicted molar refractivity (Wildman–Crippen MR) is 183 cm³/mol. The van der Waals surface area contributed by atoms with Crippen molar-refractivity contribution in [2.45, 2.75) is 96.8 Å². The van der Waals surface area contributed by atoms with Gasteiger partial charge in [0.25, 0.3) is 0 Å². The molecule has 2 atom stereocenters. The van der Waals surface area contributed by atoms with Crippen LogP contribution in [0.1, 0.15) is 117 Å². The normalized spacial score (nSPS) is 13.5. The zero-order chi connectivity index (χ0) is 29.7. The Kier molecular flexibility index (Phi) is 12.1. The van der Waals surface area contributed by atoms with E-state index in [0.29, 0.717) is 17.8 Å². The largest absolute Gasteiger partial charge is 0.399 e. The van der Waals surface area contributed by atoms with Gasteiger partial charge in [-0.2, -0.15) is 0 Å². The van der Waals surface area contributed by atoms with Crippen molar-refractivity contribution >= 4 is 11.4 Å². The van der Waals surface area contributed by atoms with E-state index >= 15 is 0 Å². The SMILES string of the molecule is CCCCCC(Cc1ccc(C(CCC)c2ccc(N)cc2)cc1)Cc1ccc(C(CCC)c2ccc(N)cc2)cc1. The van der Waals surface area contributed by atoms with E-state index in [2.05, 4.69) is 93.6 Å². The lowest BCUT2D eigenvalue weighted by molar-refractivity contribution is 0.453. The zero-order valence-corrected chi connectivity index (χ0v) is 26.2. The molecular weight excluding hydrogens is 508 g/mol. The molecule has 4 aromatic carbocycles. The van der Waals surface area contributed by atoms with E-state index in [1.807, 2.05) is 24.3 Å². The van der Waals surface area contributed by atoms with Gasteiger partial charge in [0.05, 0.1) is 0 Å². The average Bonchev–Trinajstić information content (AvgIpc) is 3.01. The van der Waals surface area contributed by atoms with Crippen molar-refractivity contribution in [1.29, 1.82) is 0 Å². The number of hydrogen-bond donors (Lipinski definition) is 2. The first-order chi connectivity index (χ1) is 20.5. The smallest absolute Gasteiger partial charge is 0.0314 e. The molecule has 222 valence electrons. The van der Waals surface area contributed by atoms with Crippen molar-refractivity contribution < 1.29 is 0 Å². The number of nitrogens with two attached hydrogens (primary N) is 2. The highest BCUT2D eigenvalue weighted by atomic mass is 14.5. The maximum Gasteiger partial charge on any atom is 0.0314 e. The van der Waals surface area contributed by atoms with Crippen molar-refractivity contribution in [3.63, 3.8) is 0 Å². The second-order valence-electron chi connectivity index (χ2n) is 12.3. The second-order valence-corrected chi connectivity index (χ2v) is 12.3. The minimum Gasteiger partial charge on any atom is -0.399 e. The summed E-state index contributed by atoms with van der Waals surface area (Å²) in [4.78, 5) is 0. The number of anilines is 2. The van der Waals surface area contributed by atoms with Gasteiger partial charge in [-0.15, -0.1) is 0 Å². The molecule has 0 bridgehead atoms. The Morgan fingerprint density at radius 1 is 0.429 bits per heavy atom. The Hall–Kier alpha value is -3.52. The molecule has 0 aliphatic carbocycles. The summed E-state index contributed by atoms with van der Waals surface area (Å²) in [5.41, 5.74) is 22.0. The number of unbranched alkanes of at least 4 members (excludes halogenated alkanes) is 2. The van der Waals surface area contributed by atoms with Gasteiger partial charge in [-0.3, -0.25) is 0 Å². The maximum absolute atomic E-state index is 5.96. The van der Waals surface area contributed by atoms with Crippen LogP contribution in [0.25, 0.3) is 0 Å². The number of hydrogen-bond acceptors (Lipinski definition) is 2. The first kappa shape index (κ1) is 31.4. The van der Waals surface area contributed by atoms with Crippen LogP contribution < -0.4 is 11.5 Å². The van der Waals surface area contributed by atoms with Crippen LogP contribution in [0.5, 0.6) is 0 Å². The van der Waals surface area contributed by atoms with Crippen molar-refractivity contribution in [3.05, 3.63) is 130 Å². The average molecular weight is 561 g/mol. The Balaban J connectivity index is 1.46. The highest BCUT2D eigenvalue weighted by molar-refractivity contribution is 5.44. The van der Waals surface area contributed by atoms with Crippen LogP contribution in [0, 0.1) is 5.92 Å².